The number of likely N-dealkylation sites (N-methyl/N-ethyl adjacent to an activating group) is 1. The molecule has 1 saturated carbocycles. The van der Waals surface area contributed by atoms with Gasteiger partial charge in [0.1, 0.15) is 6.04 Å². The van der Waals surface area contributed by atoms with Crippen molar-refractivity contribution in [3.8, 4) is 0 Å². The van der Waals surface area contributed by atoms with E-state index in [0.717, 1.165) is 19.4 Å². The fraction of sp³-hybridized carbons (Fsp3) is 0.833. The second kappa shape index (κ2) is 5.56. The van der Waals surface area contributed by atoms with Crippen molar-refractivity contribution in [3.05, 3.63) is 0 Å². The average molecular weight is 254 g/mol. The molecule has 0 spiro atoms. The fourth-order valence-electron chi connectivity index (χ4n) is 2.28. The minimum atomic E-state index is -0.381. The minimum Gasteiger partial charge on any atom is -0.347 e. The predicted octanol–water partition coefficient (Wildman–Crippen LogP) is -0.389. The molecule has 2 N–H and O–H groups in total. The summed E-state index contributed by atoms with van der Waals surface area (Å²) in [6.07, 6.45) is 3.31. The van der Waals surface area contributed by atoms with Gasteiger partial charge in [0.25, 0.3) is 0 Å². The molecule has 2 rings (SSSR count). The fourth-order valence-corrected chi connectivity index (χ4v) is 2.28. The number of rotatable bonds is 2. The number of nitrogens with one attached hydrogen (secondary N) is 2. The van der Waals surface area contributed by atoms with Crippen molar-refractivity contribution in [2.75, 3.05) is 33.7 Å². The lowest BCUT2D eigenvalue weighted by Crippen LogP contribution is -2.62. The monoisotopic (exact) mass is 254 g/mol. The first-order chi connectivity index (χ1) is 8.59. The Hall–Kier alpha value is -1.30. The molecular weight excluding hydrogens is 232 g/mol. The van der Waals surface area contributed by atoms with E-state index < -0.39 is 0 Å². The summed E-state index contributed by atoms with van der Waals surface area (Å²) in [4.78, 5) is 27.4. The highest BCUT2D eigenvalue weighted by Gasteiger charge is 2.34. The van der Waals surface area contributed by atoms with E-state index in [1.807, 2.05) is 0 Å². The van der Waals surface area contributed by atoms with Crippen molar-refractivity contribution >= 4 is 11.9 Å². The molecule has 1 aliphatic carbocycles. The van der Waals surface area contributed by atoms with Gasteiger partial charge in [-0.25, -0.2) is 4.79 Å². The van der Waals surface area contributed by atoms with Crippen LogP contribution in [0.3, 0.4) is 0 Å². The molecule has 0 radical (unpaired) electrons. The molecule has 1 atom stereocenters. The van der Waals surface area contributed by atoms with E-state index in [0.29, 0.717) is 19.1 Å². The molecule has 1 aliphatic heterocycles. The number of urea groups is 1. The van der Waals surface area contributed by atoms with Crippen LogP contribution in [0.25, 0.3) is 0 Å². The molecule has 18 heavy (non-hydrogen) atoms. The Kier molecular flexibility index (Phi) is 4.06. The maximum atomic E-state index is 12.2. The second-order valence-electron chi connectivity index (χ2n) is 5.22. The Morgan fingerprint density at radius 3 is 2.61 bits per heavy atom. The quantitative estimate of drug-likeness (QED) is 0.705. The average Bonchev–Trinajstić information content (AvgIpc) is 2.32. The molecule has 2 fully saturated rings. The second-order valence-corrected chi connectivity index (χ2v) is 5.22. The van der Waals surface area contributed by atoms with Gasteiger partial charge in [0.2, 0.25) is 5.91 Å². The smallest absolute Gasteiger partial charge is 0.318 e. The zero-order chi connectivity index (χ0) is 13.1. The number of nitrogens with zero attached hydrogens (tertiary/aromatic N) is 2. The van der Waals surface area contributed by atoms with Gasteiger partial charge < -0.3 is 20.4 Å². The number of amides is 3. The Balaban J connectivity index is 1.97. The van der Waals surface area contributed by atoms with Gasteiger partial charge in [0.05, 0.1) is 0 Å². The van der Waals surface area contributed by atoms with Gasteiger partial charge in [-0.2, -0.15) is 0 Å². The van der Waals surface area contributed by atoms with Gasteiger partial charge in [0, 0.05) is 39.8 Å². The summed E-state index contributed by atoms with van der Waals surface area (Å²) in [5.41, 5.74) is 0. The van der Waals surface area contributed by atoms with E-state index in [1.165, 1.54) is 6.42 Å². The van der Waals surface area contributed by atoms with Crippen LogP contribution in [-0.4, -0.2) is 67.6 Å². The largest absolute Gasteiger partial charge is 0.347 e. The minimum absolute atomic E-state index is 0.0223. The predicted molar refractivity (Wildman–Crippen MR) is 68.2 cm³/mol. The third-order valence-electron chi connectivity index (χ3n) is 3.66. The van der Waals surface area contributed by atoms with Crippen LogP contribution in [0.4, 0.5) is 4.79 Å². The molecule has 0 bridgehead atoms. The highest BCUT2D eigenvalue weighted by Crippen LogP contribution is 2.18. The summed E-state index contributed by atoms with van der Waals surface area (Å²) in [5.74, 6) is -0.0223. The van der Waals surface area contributed by atoms with Crippen LogP contribution < -0.4 is 10.6 Å². The molecule has 3 amide bonds. The maximum Gasteiger partial charge on any atom is 0.318 e. The van der Waals surface area contributed by atoms with Gasteiger partial charge in [-0.1, -0.05) is 0 Å². The van der Waals surface area contributed by atoms with Crippen LogP contribution in [0, 0.1) is 0 Å². The van der Waals surface area contributed by atoms with Gasteiger partial charge in [-0.05, 0) is 19.3 Å². The van der Waals surface area contributed by atoms with E-state index in [2.05, 4.69) is 10.6 Å². The lowest BCUT2D eigenvalue weighted by Gasteiger charge is -2.38. The van der Waals surface area contributed by atoms with Crippen molar-refractivity contribution in [1.82, 2.24) is 20.4 Å². The summed E-state index contributed by atoms with van der Waals surface area (Å²) >= 11 is 0. The molecular formula is C12H22N4O2. The summed E-state index contributed by atoms with van der Waals surface area (Å²) in [6.45, 7) is 1.87. The SMILES string of the molecule is CN(C)C(=O)C1CNCCN1C(=O)NC1CCC1. The van der Waals surface area contributed by atoms with E-state index in [1.54, 1.807) is 23.9 Å². The lowest BCUT2D eigenvalue weighted by atomic mass is 9.93. The normalized spacial score (nSPS) is 24.3. The van der Waals surface area contributed by atoms with Gasteiger partial charge >= 0.3 is 6.03 Å². The molecule has 2 aliphatic rings. The highest BCUT2D eigenvalue weighted by molar-refractivity contribution is 5.87. The third kappa shape index (κ3) is 2.75. The van der Waals surface area contributed by atoms with Crippen molar-refractivity contribution in [3.63, 3.8) is 0 Å². The number of carbonyl (C=O) groups is 2. The number of hydrogen-bond acceptors (Lipinski definition) is 3. The van der Waals surface area contributed by atoms with Gasteiger partial charge in [-0.15, -0.1) is 0 Å². The van der Waals surface area contributed by atoms with E-state index in [9.17, 15) is 9.59 Å². The van der Waals surface area contributed by atoms with E-state index in [-0.39, 0.29) is 18.0 Å². The molecule has 0 aromatic heterocycles. The third-order valence-corrected chi connectivity index (χ3v) is 3.66. The molecule has 102 valence electrons. The van der Waals surface area contributed by atoms with Gasteiger partial charge in [0.15, 0.2) is 0 Å². The number of carbonyl (C=O) groups excluding carboxylic acids is 2. The Morgan fingerprint density at radius 2 is 2.06 bits per heavy atom. The first kappa shape index (κ1) is 13.1. The number of piperazine rings is 1. The zero-order valence-corrected chi connectivity index (χ0v) is 11.1. The van der Waals surface area contributed by atoms with Crippen LogP contribution in [0.5, 0.6) is 0 Å². The summed E-state index contributed by atoms with van der Waals surface area (Å²) < 4.78 is 0. The molecule has 1 unspecified atom stereocenters. The lowest BCUT2D eigenvalue weighted by molar-refractivity contribution is -0.133. The molecule has 1 saturated heterocycles. The Morgan fingerprint density at radius 1 is 1.33 bits per heavy atom. The summed E-state index contributed by atoms with van der Waals surface area (Å²) in [5, 5.41) is 6.17. The molecule has 6 nitrogen and oxygen atoms in total. The van der Waals surface area contributed by atoms with E-state index >= 15 is 0 Å². The van der Waals surface area contributed by atoms with Crippen LogP contribution in [0.1, 0.15) is 19.3 Å². The molecule has 1 heterocycles. The number of hydrogen-bond donors (Lipinski definition) is 2. The van der Waals surface area contributed by atoms with Gasteiger partial charge in [-0.3, -0.25) is 4.79 Å². The van der Waals surface area contributed by atoms with Crippen LogP contribution in [0.2, 0.25) is 0 Å². The highest BCUT2D eigenvalue weighted by atomic mass is 16.2. The summed E-state index contributed by atoms with van der Waals surface area (Å²) in [6, 6.07) is -0.169. The van der Waals surface area contributed by atoms with Crippen molar-refractivity contribution in [2.45, 2.75) is 31.3 Å². The molecule has 6 heteroatoms. The van der Waals surface area contributed by atoms with Crippen molar-refractivity contribution in [1.29, 1.82) is 0 Å². The molecule has 0 aromatic carbocycles. The van der Waals surface area contributed by atoms with Crippen LogP contribution >= 0.6 is 0 Å². The van der Waals surface area contributed by atoms with Crippen molar-refractivity contribution < 1.29 is 9.59 Å². The first-order valence-electron chi connectivity index (χ1n) is 6.58. The Bertz CT molecular complexity index is 328. The standard InChI is InChI=1S/C12H22N4O2/c1-15(2)11(17)10-8-13-6-7-16(10)12(18)14-9-4-3-5-9/h9-10,13H,3-8H2,1-2H3,(H,14,18). The van der Waals surface area contributed by atoms with Crippen LogP contribution in [-0.2, 0) is 4.79 Å². The van der Waals surface area contributed by atoms with E-state index in [4.69, 9.17) is 0 Å². The van der Waals surface area contributed by atoms with Crippen molar-refractivity contribution in [2.24, 2.45) is 0 Å². The summed E-state index contributed by atoms with van der Waals surface area (Å²) in [7, 11) is 3.44. The molecule has 0 aromatic rings. The topological polar surface area (TPSA) is 64.7 Å². The maximum absolute atomic E-state index is 12.2. The zero-order valence-electron chi connectivity index (χ0n) is 11.1. The van der Waals surface area contributed by atoms with Crippen LogP contribution in [0.15, 0.2) is 0 Å². The Labute approximate surface area is 108 Å². The first-order valence-corrected chi connectivity index (χ1v) is 6.58.